The van der Waals surface area contributed by atoms with Crippen molar-refractivity contribution in [2.45, 2.75) is 32.5 Å². The molecule has 0 spiro atoms. The van der Waals surface area contributed by atoms with E-state index in [4.69, 9.17) is 0 Å². The number of fused-ring (bicyclic) bond motifs is 1. The normalized spacial score (nSPS) is 19.2. The molecule has 18 heavy (non-hydrogen) atoms. The lowest BCUT2D eigenvalue weighted by Crippen LogP contribution is -2.57. The zero-order chi connectivity index (χ0) is 13.2. The molecular weight excluding hydrogens is 234 g/mol. The van der Waals surface area contributed by atoms with Gasteiger partial charge in [-0.2, -0.15) is 0 Å². The van der Waals surface area contributed by atoms with Crippen LogP contribution in [0.25, 0.3) is 0 Å². The maximum absolute atomic E-state index is 11.4. The molecule has 0 amide bonds. The minimum atomic E-state index is -0.920. The number of aromatic nitrogens is 3. The lowest BCUT2D eigenvalue weighted by atomic mass is 10.0. The molecule has 2 rings (SSSR count). The van der Waals surface area contributed by atoms with E-state index >= 15 is 0 Å². The average Bonchev–Trinajstić information content (AvgIpc) is 2.76. The molecule has 2 heterocycles. The number of nitrogens with one attached hydrogen (secondary N) is 1. The first-order valence-electron chi connectivity index (χ1n) is 6.12. The molecule has 0 aliphatic carbocycles. The van der Waals surface area contributed by atoms with Gasteiger partial charge in [-0.15, -0.1) is 10.2 Å². The van der Waals surface area contributed by atoms with Gasteiger partial charge in [0.05, 0.1) is 6.54 Å². The van der Waals surface area contributed by atoms with E-state index in [2.05, 4.69) is 20.4 Å². The van der Waals surface area contributed by atoms with Crippen LogP contribution in [0.1, 0.15) is 19.7 Å². The van der Waals surface area contributed by atoms with Crippen molar-refractivity contribution in [2.24, 2.45) is 0 Å². The third-order valence-corrected chi connectivity index (χ3v) is 3.30. The van der Waals surface area contributed by atoms with Crippen LogP contribution in [-0.2, 0) is 17.9 Å². The molecule has 0 bridgehead atoms. The molecule has 2 N–H and O–H groups in total. The van der Waals surface area contributed by atoms with Gasteiger partial charge < -0.3 is 15.0 Å². The van der Waals surface area contributed by atoms with Crippen molar-refractivity contribution >= 4 is 5.97 Å². The maximum atomic E-state index is 11.4. The highest BCUT2D eigenvalue weighted by Crippen LogP contribution is 2.14. The van der Waals surface area contributed by atoms with Crippen molar-refractivity contribution in [1.82, 2.24) is 25.0 Å². The largest absolute Gasteiger partial charge is 0.480 e. The predicted molar refractivity (Wildman–Crippen MR) is 65.0 cm³/mol. The molecule has 0 aromatic carbocycles. The smallest absolute Gasteiger partial charge is 0.324 e. The second kappa shape index (κ2) is 5.03. The van der Waals surface area contributed by atoms with E-state index in [-0.39, 0.29) is 0 Å². The molecule has 1 aliphatic heterocycles. The van der Waals surface area contributed by atoms with Crippen LogP contribution in [0.4, 0.5) is 0 Å². The summed E-state index contributed by atoms with van der Waals surface area (Å²) in [6, 6.07) is 0. The van der Waals surface area contributed by atoms with Crippen LogP contribution in [-0.4, -0.2) is 55.9 Å². The van der Waals surface area contributed by atoms with E-state index in [9.17, 15) is 9.90 Å². The van der Waals surface area contributed by atoms with Crippen molar-refractivity contribution in [2.75, 3.05) is 19.6 Å². The number of hydrogen-bond donors (Lipinski definition) is 2. The van der Waals surface area contributed by atoms with Gasteiger partial charge in [0.1, 0.15) is 17.7 Å². The molecule has 7 nitrogen and oxygen atoms in total. The second-order valence-electron chi connectivity index (χ2n) is 4.82. The highest BCUT2D eigenvalue weighted by Gasteiger charge is 2.35. The molecule has 1 unspecified atom stereocenters. The quantitative estimate of drug-likeness (QED) is 0.739. The van der Waals surface area contributed by atoms with Crippen LogP contribution in [0.15, 0.2) is 6.33 Å². The Morgan fingerprint density at radius 3 is 3.06 bits per heavy atom. The lowest BCUT2D eigenvalue weighted by molar-refractivity contribution is -0.145. The van der Waals surface area contributed by atoms with Gasteiger partial charge in [0.15, 0.2) is 0 Å². The van der Waals surface area contributed by atoms with Crippen LogP contribution < -0.4 is 5.32 Å². The summed E-state index contributed by atoms with van der Waals surface area (Å²) < 4.78 is 2.00. The first kappa shape index (κ1) is 13.0. The van der Waals surface area contributed by atoms with E-state index in [1.807, 2.05) is 11.5 Å². The number of likely N-dealkylation sites (N-methyl/N-ethyl adjacent to an activating group) is 1. The summed E-state index contributed by atoms with van der Waals surface area (Å²) in [5, 5.41) is 20.3. The first-order valence-corrected chi connectivity index (χ1v) is 6.12. The van der Waals surface area contributed by atoms with Crippen molar-refractivity contribution in [3.05, 3.63) is 12.2 Å². The van der Waals surface area contributed by atoms with Crippen LogP contribution in [0.5, 0.6) is 0 Å². The molecule has 100 valence electrons. The number of rotatable bonds is 5. The lowest BCUT2D eigenvalue weighted by Gasteiger charge is -2.34. The molecule has 0 saturated carbocycles. The van der Waals surface area contributed by atoms with E-state index in [1.165, 1.54) is 0 Å². The number of hydrogen-bond acceptors (Lipinski definition) is 5. The molecular formula is C11H19N5O2. The summed E-state index contributed by atoms with van der Waals surface area (Å²) in [6.45, 7) is 7.00. The van der Waals surface area contributed by atoms with Crippen molar-refractivity contribution in [3.8, 4) is 0 Å². The average molecular weight is 253 g/mol. The summed E-state index contributed by atoms with van der Waals surface area (Å²) in [6.07, 6.45) is 1.72. The van der Waals surface area contributed by atoms with Gasteiger partial charge in [0.25, 0.3) is 0 Å². The predicted octanol–water partition coefficient (Wildman–Crippen LogP) is -0.453. The second-order valence-corrected chi connectivity index (χ2v) is 4.82. The molecule has 1 aromatic heterocycles. The van der Waals surface area contributed by atoms with Gasteiger partial charge >= 0.3 is 5.97 Å². The van der Waals surface area contributed by atoms with Gasteiger partial charge in [-0.3, -0.25) is 9.69 Å². The monoisotopic (exact) mass is 253 g/mol. The topological polar surface area (TPSA) is 83.3 Å². The third-order valence-electron chi connectivity index (χ3n) is 3.30. The van der Waals surface area contributed by atoms with Crippen LogP contribution >= 0.6 is 0 Å². The Morgan fingerprint density at radius 1 is 1.61 bits per heavy atom. The SMILES string of the molecule is CCNC(C)(CN1CCn2cnnc2C1)C(=O)O. The minimum Gasteiger partial charge on any atom is -0.480 e. The Morgan fingerprint density at radius 2 is 2.39 bits per heavy atom. The van der Waals surface area contributed by atoms with Crippen molar-refractivity contribution in [1.29, 1.82) is 0 Å². The number of nitrogens with zero attached hydrogens (tertiary/aromatic N) is 4. The van der Waals surface area contributed by atoms with Gasteiger partial charge in [-0.25, -0.2) is 0 Å². The van der Waals surface area contributed by atoms with E-state index < -0.39 is 11.5 Å². The Hall–Kier alpha value is -1.47. The van der Waals surface area contributed by atoms with E-state index in [0.29, 0.717) is 19.6 Å². The van der Waals surface area contributed by atoms with Crippen molar-refractivity contribution < 1.29 is 9.90 Å². The van der Waals surface area contributed by atoms with Gasteiger partial charge in [0.2, 0.25) is 0 Å². The molecule has 1 aromatic rings. The van der Waals surface area contributed by atoms with Crippen LogP contribution in [0, 0.1) is 0 Å². The summed E-state index contributed by atoms with van der Waals surface area (Å²) in [7, 11) is 0. The molecule has 1 atom stereocenters. The van der Waals surface area contributed by atoms with Gasteiger partial charge in [-0.1, -0.05) is 6.92 Å². The highest BCUT2D eigenvalue weighted by atomic mass is 16.4. The van der Waals surface area contributed by atoms with E-state index in [1.54, 1.807) is 13.3 Å². The standard InChI is InChI=1S/C11H19N5O2/c1-3-12-11(2,10(17)18)7-15-4-5-16-8-13-14-9(16)6-15/h8,12H,3-7H2,1-2H3,(H,17,18). The number of aliphatic carboxylic acids is 1. The minimum absolute atomic E-state index is 0.461. The molecule has 0 radical (unpaired) electrons. The van der Waals surface area contributed by atoms with Crippen LogP contribution in [0.3, 0.4) is 0 Å². The molecule has 1 aliphatic rings. The highest BCUT2D eigenvalue weighted by molar-refractivity contribution is 5.78. The van der Waals surface area contributed by atoms with E-state index in [0.717, 1.165) is 18.9 Å². The van der Waals surface area contributed by atoms with Gasteiger partial charge in [0, 0.05) is 19.6 Å². The van der Waals surface area contributed by atoms with Gasteiger partial charge in [-0.05, 0) is 13.5 Å². The Bertz CT molecular complexity index is 433. The zero-order valence-electron chi connectivity index (χ0n) is 10.8. The molecule has 7 heteroatoms. The Kier molecular flexibility index (Phi) is 3.63. The Labute approximate surface area is 106 Å². The maximum Gasteiger partial charge on any atom is 0.324 e. The summed E-state index contributed by atoms with van der Waals surface area (Å²) in [5.41, 5.74) is -0.920. The fourth-order valence-corrected chi connectivity index (χ4v) is 2.29. The molecule has 0 fully saturated rings. The summed E-state index contributed by atoms with van der Waals surface area (Å²) in [4.78, 5) is 13.5. The zero-order valence-corrected chi connectivity index (χ0v) is 10.8. The first-order chi connectivity index (χ1) is 8.55. The molecule has 0 saturated heterocycles. The number of carbonyl (C=O) groups is 1. The summed E-state index contributed by atoms with van der Waals surface area (Å²) in [5.74, 6) is 0.0712. The number of carboxylic acid groups (broad SMARTS) is 1. The third kappa shape index (κ3) is 2.51. The number of carboxylic acids is 1. The summed E-state index contributed by atoms with van der Waals surface area (Å²) >= 11 is 0. The Balaban J connectivity index is 2.03. The van der Waals surface area contributed by atoms with Crippen molar-refractivity contribution in [3.63, 3.8) is 0 Å². The van der Waals surface area contributed by atoms with Crippen LogP contribution in [0.2, 0.25) is 0 Å². The fourth-order valence-electron chi connectivity index (χ4n) is 2.29. The fraction of sp³-hybridized carbons (Fsp3) is 0.727.